The molecule has 4 nitrogen and oxygen atoms in total. The molecular weight excluding hydrogens is 322 g/mol. The third-order valence-corrected chi connectivity index (χ3v) is 4.90. The number of amides is 1. The molecule has 0 aromatic carbocycles. The molecule has 2 N–H and O–H groups in total. The molecule has 0 aliphatic rings. The fourth-order valence-electron chi connectivity index (χ4n) is 2.71. The Morgan fingerprint density at radius 3 is 1.88 bits per heavy atom. The summed E-state index contributed by atoms with van der Waals surface area (Å²) in [5.74, 6) is -0.314. The largest absolute Gasteiger partial charge is 0.480 e. The summed E-state index contributed by atoms with van der Waals surface area (Å²) < 4.78 is 0. The summed E-state index contributed by atoms with van der Waals surface area (Å²) in [4.78, 5) is 22.9. The second kappa shape index (κ2) is 17.1. The van der Waals surface area contributed by atoms with Crippen LogP contribution >= 0.6 is 11.8 Å². The topological polar surface area (TPSA) is 66.4 Å². The molecule has 24 heavy (non-hydrogen) atoms. The fraction of sp³-hybridized carbons (Fsp3) is 0.895. The van der Waals surface area contributed by atoms with Crippen molar-refractivity contribution in [3.8, 4) is 0 Å². The number of rotatable bonds is 17. The molecule has 1 amide bonds. The van der Waals surface area contributed by atoms with Gasteiger partial charge >= 0.3 is 5.97 Å². The van der Waals surface area contributed by atoms with Crippen molar-refractivity contribution < 1.29 is 14.7 Å². The predicted octanol–water partition coefficient (Wildman–Crippen LogP) is 5.01. The van der Waals surface area contributed by atoms with Crippen molar-refractivity contribution in [2.45, 2.75) is 96.4 Å². The molecular formula is C19H37NO3S. The molecule has 0 aliphatic heterocycles. The van der Waals surface area contributed by atoms with Gasteiger partial charge in [-0.25, -0.2) is 4.79 Å². The van der Waals surface area contributed by atoms with Crippen LogP contribution in [0.15, 0.2) is 0 Å². The molecule has 0 heterocycles. The van der Waals surface area contributed by atoms with Crippen LogP contribution in [0.3, 0.4) is 0 Å². The first-order valence-corrected chi connectivity index (χ1v) is 11.0. The summed E-state index contributed by atoms with van der Waals surface area (Å²) in [6, 6.07) is -0.738. The van der Waals surface area contributed by atoms with E-state index in [1.54, 1.807) is 11.8 Å². The van der Waals surface area contributed by atoms with Crippen LogP contribution in [0.2, 0.25) is 0 Å². The van der Waals surface area contributed by atoms with E-state index in [1.807, 2.05) is 6.26 Å². The van der Waals surface area contributed by atoms with E-state index in [0.717, 1.165) is 18.6 Å². The van der Waals surface area contributed by atoms with Gasteiger partial charge in [0.1, 0.15) is 6.04 Å². The second-order valence-corrected chi connectivity index (χ2v) is 7.51. The fourth-order valence-corrected chi connectivity index (χ4v) is 3.18. The highest BCUT2D eigenvalue weighted by Gasteiger charge is 2.18. The number of aliphatic carboxylic acids is 1. The Hall–Kier alpha value is -0.710. The minimum Gasteiger partial charge on any atom is -0.480 e. The number of carboxylic acid groups (broad SMARTS) is 1. The van der Waals surface area contributed by atoms with Crippen molar-refractivity contribution in [1.82, 2.24) is 5.32 Å². The minimum atomic E-state index is -0.934. The summed E-state index contributed by atoms with van der Waals surface area (Å²) in [6.07, 6.45) is 16.6. The number of hydrogen-bond donors (Lipinski definition) is 2. The van der Waals surface area contributed by atoms with Crippen molar-refractivity contribution in [1.29, 1.82) is 0 Å². The van der Waals surface area contributed by atoms with Gasteiger partial charge in [0.15, 0.2) is 0 Å². The summed E-state index contributed by atoms with van der Waals surface area (Å²) in [7, 11) is 0. The zero-order valence-corrected chi connectivity index (χ0v) is 16.5. The lowest BCUT2D eigenvalue weighted by atomic mass is 10.1. The average Bonchev–Trinajstić information content (AvgIpc) is 2.56. The molecule has 0 aliphatic carbocycles. The van der Waals surface area contributed by atoms with Crippen molar-refractivity contribution in [2.24, 2.45) is 0 Å². The summed E-state index contributed by atoms with van der Waals surface area (Å²) in [5.41, 5.74) is 0. The maximum Gasteiger partial charge on any atom is 0.326 e. The highest BCUT2D eigenvalue weighted by atomic mass is 32.2. The Bertz CT molecular complexity index is 324. The third kappa shape index (κ3) is 14.9. The highest BCUT2D eigenvalue weighted by molar-refractivity contribution is 7.98. The molecule has 0 fully saturated rings. The van der Waals surface area contributed by atoms with Crippen LogP contribution in [0.4, 0.5) is 0 Å². The van der Waals surface area contributed by atoms with Gasteiger partial charge in [0.25, 0.3) is 0 Å². The van der Waals surface area contributed by atoms with Gasteiger partial charge in [0.2, 0.25) is 5.91 Å². The first kappa shape index (κ1) is 23.3. The monoisotopic (exact) mass is 359 g/mol. The molecule has 142 valence electrons. The second-order valence-electron chi connectivity index (χ2n) is 6.53. The molecule has 1 atom stereocenters. The van der Waals surface area contributed by atoms with Gasteiger partial charge in [-0.1, -0.05) is 71.1 Å². The number of carbonyl (C=O) groups is 2. The van der Waals surface area contributed by atoms with Crippen LogP contribution in [-0.2, 0) is 9.59 Å². The van der Waals surface area contributed by atoms with Crippen molar-refractivity contribution in [3.05, 3.63) is 0 Å². The van der Waals surface area contributed by atoms with E-state index in [2.05, 4.69) is 12.2 Å². The van der Waals surface area contributed by atoms with Crippen LogP contribution in [0.25, 0.3) is 0 Å². The number of carbonyl (C=O) groups excluding carboxylic acids is 1. The first-order chi connectivity index (χ1) is 11.6. The Kier molecular flexibility index (Phi) is 16.6. The Morgan fingerprint density at radius 1 is 0.917 bits per heavy atom. The van der Waals surface area contributed by atoms with Crippen molar-refractivity contribution in [2.75, 3.05) is 12.0 Å². The molecule has 0 radical (unpaired) electrons. The summed E-state index contributed by atoms with van der Waals surface area (Å²) in [5, 5.41) is 11.7. The predicted molar refractivity (Wildman–Crippen MR) is 104 cm³/mol. The normalized spacial score (nSPS) is 12.1. The van der Waals surface area contributed by atoms with Gasteiger partial charge < -0.3 is 10.4 Å². The van der Waals surface area contributed by atoms with Gasteiger partial charge in [-0.05, 0) is 24.9 Å². The van der Waals surface area contributed by atoms with E-state index >= 15 is 0 Å². The maximum atomic E-state index is 11.8. The smallest absolute Gasteiger partial charge is 0.326 e. The number of hydrogen-bond acceptors (Lipinski definition) is 3. The molecule has 0 aromatic heterocycles. The number of carboxylic acids is 1. The molecule has 0 bridgehead atoms. The van der Waals surface area contributed by atoms with E-state index in [-0.39, 0.29) is 5.91 Å². The molecule has 0 rings (SSSR count). The van der Waals surface area contributed by atoms with Crippen LogP contribution in [0.5, 0.6) is 0 Å². The molecule has 0 saturated heterocycles. The Morgan fingerprint density at radius 2 is 1.42 bits per heavy atom. The zero-order chi connectivity index (χ0) is 18.0. The summed E-state index contributed by atoms with van der Waals surface area (Å²) >= 11 is 1.60. The first-order valence-electron chi connectivity index (χ1n) is 9.63. The van der Waals surface area contributed by atoms with Gasteiger partial charge in [0.05, 0.1) is 0 Å². The van der Waals surface area contributed by atoms with Crippen LogP contribution in [-0.4, -0.2) is 35.0 Å². The number of thioether (sulfide) groups is 1. The lowest BCUT2D eigenvalue weighted by Gasteiger charge is -2.13. The van der Waals surface area contributed by atoms with Crippen LogP contribution < -0.4 is 5.32 Å². The Balaban J connectivity index is 3.49. The van der Waals surface area contributed by atoms with E-state index in [1.165, 1.54) is 57.8 Å². The summed E-state index contributed by atoms with van der Waals surface area (Å²) in [6.45, 7) is 2.24. The van der Waals surface area contributed by atoms with Crippen LogP contribution in [0, 0.1) is 0 Å². The van der Waals surface area contributed by atoms with Gasteiger partial charge in [-0.3, -0.25) is 4.79 Å². The Labute approximate surface area is 152 Å². The SMILES string of the molecule is CCCCCCCCCCCCCC(=O)NC(CCSC)C(=O)O. The number of unbranched alkanes of at least 4 members (excludes halogenated alkanes) is 10. The molecule has 0 spiro atoms. The van der Waals surface area contributed by atoms with Gasteiger partial charge in [0, 0.05) is 6.42 Å². The van der Waals surface area contributed by atoms with Gasteiger partial charge in [-0.15, -0.1) is 0 Å². The van der Waals surface area contributed by atoms with Crippen molar-refractivity contribution >= 4 is 23.6 Å². The maximum absolute atomic E-state index is 11.8. The third-order valence-electron chi connectivity index (χ3n) is 4.25. The quantitative estimate of drug-likeness (QED) is 0.358. The van der Waals surface area contributed by atoms with E-state index in [4.69, 9.17) is 5.11 Å². The van der Waals surface area contributed by atoms with E-state index in [9.17, 15) is 9.59 Å². The average molecular weight is 360 g/mol. The highest BCUT2D eigenvalue weighted by Crippen LogP contribution is 2.12. The number of nitrogens with one attached hydrogen (secondary N) is 1. The lowest BCUT2D eigenvalue weighted by molar-refractivity contribution is -0.141. The zero-order valence-electron chi connectivity index (χ0n) is 15.6. The van der Waals surface area contributed by atoms with Crippen molar-refractivity contribution in [3.63, 3.8) is 0 Å². The molecule has 1 unspecified atom stereocenters. The van der Waals surface area contributed by atoms with Gasteiger partial charge in [-0.2, -0.15) is 11.8 Å². The van der Waals surface area contributed by atoms with E-state index < -0.39 is 12.0 Å². The lowest BCUT2D eigenvalue weighted by Crippen LogP contribution is -2.41. The minimum absolute atomic E-state index is 0.126. The molecule has 5 heteroatoms. The molecule has 0 saturated carbocycles. The molecule has 0 aromatic rings. The standard InChI is InChI=1S/C19H37NO3S/c1-3-4-5-6-7-8-9-10-11-12-13-14-18(21)20-17(19(22)23)15-16-24-2/h17H,3-16H2,1-2H3,(H,20,21)(H,22,23). The van der Waals surface area contributed by atoms with E-state index in [0.29, 0.717) is 12.8 Å². The van der Waals surface area contributed by atoms with Crippen LogP contribution in [0.1, 0.15) is 90.4 Å².